The highest BCUT2D eigenvalue weighted by Gasteiger charge is 2.44. The standard InChI is InChI=1S/C22H16BrF3N4O2/c1-29(12-21(11-27)8-9-21)19(31)14-6-4-13(5-7-14)15-3-2-10-30-18(15)28-17(22(24,25)26)16(23)20(30)32/h2-7,10H,8-9,12H2,1H3. The molecule has 1 aromatic carbocycles. The second-order valence-corrected chi connectivity index (χ2v) is 8.62. The summed E-state index contributed by atoms with van der Waals surface area (Å²) in [5.41, 5.74) is -1.57. The Morgan fingerprint density at radius 2 is 1.94 bits per heavy atom. The topological polar surface area (TPSA) is 78.5 Å². The molecular formula is C22H16BrF3N4O2. The Morgan fingerprint density at radius 1 is 1.28 bits per heavy atom. The fourth-order valence-corrected chi connectivity index (χ4v) is 4.05. The van der Waals surface area contributed by atoms with Crippen molar-refractivity contribution < 1.29 is 18.0 Å². The Labute approximate surface area is 189 Å². The number of aromatic nitrogens is 2. The van der Waals surface area contributed by atoms with E-state index in [9.17, 15) is 28.0 Å². The molecule has 3 aromatic rings. The molecule has 0 saturated heterocycles. The van der Waals surface area contributed by atoms with Gasteiger partial charge in [0.15, 0.2) is 5.69 Å². The normalized spacial score (nSPS) is 14.8. The second kappa shape index (κ2) is 7.74. The average molecular weight is 505 g/mol. The van der Waals surface area contributed by atoms with Crippen molar-refractivity contribution in [1.29, 1.82) is 5.26 Å². The summed E-state index contributed by atoms with van der Waals surface area (Å²) in [4.78, 5) is 30.3. The number of alkyl halides is 3. The molecular weight excluding hydrogens is 489 g/mol. The lowest BCUT2D eigenvalue weighted by Crippen LogP contribution is -2.32. The maximum absolute atomic E-state index is 13.4. The van der Waals surface area contributed by atoms with Gasteiger partial charge in [0.2, 0.25) is 0 Å². The van der Waals surface area contributed by atoms with Gasteiger partial charge in [0, 0.05) is 30.9 Å². The Morgan fingerprint density at radius 3 is 2.50 bits per heavy atom. The molecule has 4 rings (SSSR count). The third-order valence-corrected chi connectivity index (χ3v) is 6.20. The Bertz CT molecular complexity index is 1320. The number of pyridine rings is 1. The highest BCUT2D eigenvalue weighted by molar-refractivity contribution is 9.10. The molecule has 0 unspecified atom stereocenters. The van der Waals surface area contributed by atoms with E-state index in [0.717, 1.165) is 17.2 Å². The van der Waals surface area contributed by atoms with Crippen molar-refractivity contribution in [3.63, 3.8) is 0 Å². The number of fused-ring (bicyclic) bond motifs is 1. The predicted molar refractivity (Wildman–Crippen MR) is 114 cm³/mol. The maximum Gasteiger partial charge on any atom is 0.434 e. The monoisotopic (exact) mass is 504 g/mol. The third-order valence-electron chi connectivity index (χ3n) is 5.49. The molecule has 1 aliphatic rings. The van der Waals surface area contributed by atoms with Gasteiger partial charge in [0.1, 0.15) is 10.1 Å². The van der Waals surface area contributed by atoms with E-state index in [-0.39, 0.29) is 11.6 Å². The van der Waals surface area contributed by atoms with E-state index in [1.54, 1.807) is 37.4 Å². The third kappa shape index (κ3) is 3.88. The quantitative estimate of drug-likeness (QED) is 0.523. The maximum atomic E-state index is 13.4. The first-order valence-corrected chi connectivity index (χ1v) is 10.4. The van der Waals surface area contributed by atoms with Crippen LogP contribution in [0, 0.1) is 16.7 Å². The summed E-state index contributed by atoms with van der Waals surface area (Å²) in [6.45, 7) is 0.343. The lowest BCUT2D eigenvalue weighted by molar-refractivity contribution is -0.141. The van der Waals surface area contributed by atoms with Gasteiger partial charge in [-0.15, -0.1) is 0 Å². The number of nitriles is 1. The first kappa shape index (κ1) is 22.0. The minimum atomic E-state index is -4.80. The molecule has 0 spiro atoms. The van der Waals surface area contributed by atoms with E-state index in [4.69, 9.17) is 0 Å². The van der Waals surface area contributed by atoms with Gasteiger partial charge in [0.25, 0.3) is 11.5 Å². The van der Waals surface area contributed by atoms with Gasteiger partial charge in [-0.3, -0.25) is 14.0 Å². The van der Waals surface area contributed by atoms with Gasteiger partial charge < -0.3 is 4.90 Å². The summed E-state index contributed by atoms with van der Waals surface area (Å²) >= 11 is 2.71. The van der Waals surface area contributed by atoms with E-state index in [1.165, 1.54) is 17.2 Å². The van der Waals surface area contributed by atoms with Crippen molar-refractivity contribution in [3.8, 4) is 17.2 Å². The van der Waals surface area contributed by atoms with E-state index >= 15 is 0 Å². The molecule has 0 radical (unpaired) electrons. The van der Waals surface area contributed by atoms with Crippen molar-refractivity contribution in [1.82, 2.24) is 14.3 Å². The fourth-order valence-electron chi connectivity index (χ4n) is 3.55. The first-order valence-electron chi connectivity index (χ1n) is 9.61. The van der Waals surface area contributed by atoms with Crippen molar-refractivity contribution in [2.24, 2.45) is 5.41 Å². The zero-order valence-corrected chi connectivity index (χ0v) is 18.4. The van der Waals surface area contributed by atoms with Gasteiger partial charge in [-0.2, -0.15) is 18.4 Å². The van der Waals surface area contributed by atoms with Crippen molar-refractivity contribution >= 4 is 27.5 Å². The van der Waals surface area contributed by atoms with Crippen LogP contribution in [0.4, 0.5) is 13.2 Å². The minimum absolute atomic E-state index is 0.145. The molecule has 0 N–H and O–H groups in total. The Hall–Kier alpha value is -3.19. The number of amides is 1. The van der Waals surface area contributed by atoms with E-state index in [2.05, 4.69) is 27.0 Å². The van der Waals surface area contributed by atoms with Crippen molar-refractivity contribution in [2.45, 2.75) is 19.0 Å². The summed E-state index contributed by atoms with van der Waals surface area (Å²) in [7, 11) is 1.63. The number of rotatable bonds is 4. The highest BCUT2D eigenvalue weighted by atomic mass is 79.9. The lowest BCUT2D eigenvalue weighted by Gasteiger charge is -2.20. The number of halogens is 4. The van der Waals surface area contributed by atoms with Crippen LogP contribution in [0.3, 0.4) is 0 Å². The van der Waals surface area contributed by atoms with Crippen molar-refractivity contribution in [3.05, 3.63) is 68.7 Å². The molecule has 1 amide bonds. The number of benzene rings is 1. The molecule has 2 heterocycles. The molecule has 1 aliphatic carbocycles. The largest absolute Gasteiger partial charge is 0.434 e. The van der Waals surface area contributed by atoms with Crippen LogP contribution in [-0.4, -0.2) is 33.8 Å². The smallest absolute Gasteiger partial charge is 0.340 e. The van der Waals surface area contributed by atoms with Crippen LogP contribution < -0.4 is 5.56 Å². The van der Waals surface area contributed by atoms with E-state index in [1.807, 2.05) is 0 Å². The molecule has 6 nitrogen and oxygen atoms in total. The average Bonchev–Trinajstić information content (AvgIpc) is 3.54. The van der Waals surface area contributed by atoms with E-state index < -0.39 is 27.3 Å². The molecule has 10 heteroatoms. The molecule has 0 bridgehead atoms. The molecule has 1 fully saturated rings. The molecule has 0 aliphatic heterocycles. The van der Waals surface area contributed by atoms with Crippen LogP contribution in [-0.2, 0) is 6.18 Å². The SMILES string of the molecule is CN(CC1(C#N)CC1)C(=O)c1ccc(-c2cccn3c(=O)c(Br)c(C(F)(F)F)nc23)cc1. The summed E-state index contributed by atoms with van der Waals surface area (Å²) in [5.74, 6) is -0.256. The first-order chi connectivity index (χ1) is 15.1. The zero-order valence-electron chi connectivity index (χ0n) is 16.8. The Balaban J connectivity index is 1.71. The Kier molecular flexibility index (Phi) is 5.33. The lowest BCUT2D eigenvalue weighted by atomic mass is 10.0. The molecule has 0 atom stereocenters. The summed E-state index contributed by atoms with van der Waals surface area (Å²) < 4.78 is 40.4. The van der Waals surface area contributed by atoms with Crippen molar-refractivity contribution in [2.75, 3.05) is 13.6 Å². The highest BCUT2D eigenvalue weighted by Crippen LogP contribution is 2.45. The molecule has 1 saturated carbocycles. The number of hydrogen-bond acceptors (Lipinski definition) is 4. The predicted octanol–water partition coefficient (Wildman–Crippen LogP) is 4.52. The van der Waals surface area contributed by atoms with Gasteiger partial charge >= 0.3 is 6.18 Å². The molecule has 2 aromatic heterocycles. The number of hydrogen-bond donors (Lipinski definition) is 0. The van der Waals surface area contributed by atoms with Crippen LogP contribution in [0.1, 0.15) is 28.9 Å². The summed E-state index contributed by atoms with van der Waals surface area (Å²) in [6, 6.07) is 11.6. The zero-order chi connectivity index (χ0) is 23.3. The number of carbonyl (C=O) groups excluding carboxylic acids is 1. The molecule has 32 heavy (non-hydrogen) atoms. The van der Waals surface area contributed by atoms with Crippen LogP contribution in [0.25, 0.3) is 16.8 Å². The minimum Gasteiger partial charge on any atom is -0.340 e. The van der Waals surface area contributed by atoms with Gasteiger partial charge in [-0.05, 0) is 58.6 Å². The van der Waals surface area contributed by atoms with E-state index in [0.29, 0.717) is 23.2 Å². The van der Waals surface area contributed by atoms with Crippen LogP contribution in [0.5, 0.6) is 0 Å². The van der Waals surface area contributed by atoms with Gasteiger partial charge in [0.05, 0.1) is 11.5 Å². The number of nitrogens with zero attached hydrogens (tertiary/aromatic N) is 4. The van der Waals surface area contributed by atoms with Crippen LogP contribution in [0.2, 0.25) is 0 Å². The number of carbonyl (C=O) groups is 1. The van der Waals surface area contributed by atoms with Gasteiger partial charge in [-0.1, -0.05) is 12.1 Å². The van der Waals surface area contributed by atoms with Crippen LogP contribution in [0.15, 0.2) is 51.9 Å². The second-order valence-electron chi connectivity index (χ2n) is 7.82. The van der Waals surface area contributed by atoms with Gasteiger partial charge in [-0.25, -0.2) is 4.98 Å². The molecule has 164 valence electrons. The van der Waals surface area contributed by atoms with Crippen LogP contribution >= 0.6 is 15.9 Å². The summed E-state index contributed by atoms with van der Waals surface area (Å²) in [5, 5.41) is 9.22. The fraction of sp³-hybridized carbons (Fsp3) is 0.273. The summed E-state index contributed by atoms with van der Waals surface area (Å²) in [6.07, 6.45) is -1.93.